The lowest BCUT2D eigenvalue weighted by atomic mass is 9.98. The molecule has 0 saturated carbocycles. The molecule has 0 unspecified atom stereocenters. The Labute approximate surface area is 178 Å². The summed E-state index contributed by atoms with van der Waals surface area (Å²) in [6.45, 7) is 4.47. The van der Waals surface area contributed by atoms with Crippen LogP contribution in [0.25, 0.3) is 0 Å². The number of piperidine rings is 1. The summed E-state index contributed by atoms with van der Waals surface area (Å²) in [5, 5.41) is 2.97. The molecule has 1 N–H and O–H groups in total. The van der Waals surface area contributed by atoms with E-state index >= 15 is 0 Å². The van der Waals surface area contributed by atoms with Gasteiger partial charge in [-0.25, -0.2) is 8.42 Å². The van der Waals surface area contributed by atoms with Crippen LogP contribution < -0.4 is 14.8 Å². The minimum Gasteiger partial charge on any atom is -0.493 e. The molecule has 1 aliphatic rings. The molecule has 0 bridgehead atoms. The molecule has 1 aliphatic heterocycles. The van der Waals surface area contributed by atoms with Gasteiger partial charge in [-0.1, -0.05) is 12.1 Å². The van der Waals surface area contributed by atoms with Gasteiger partial charge in [-0.3, -0.25) is 4.79 Å². The Morgan fingerprint density at radius 3 is 2.53 bits per heavy atom. The first-order chi connectivity index (χ1) is 14.3. The number of hydrogen-bond acceptors (Lipinski definition) is 5. The highest BCUT2D eigenvalue weighted by Gasteiger charge is 2.34. The Morgan fingerprint density at radius 1 is 1.10 bits per heavy atom. The SMILES string of the molecule is COc1ccc(S(=O)(=O)N2CCC[C@@H](C(=O)Nc3cccc(C)c3C)C2)cc1OC. The number of sulfonamides is 1. The van der Waals surface area contributed by atoms with Crippen molar-refractivity contribution in [1.29, 1.82) is 0 Å². The van der Waals surface area contributed by atoms with E-state index in [0.29, 0.717) is 30.9 Å². The third-order valence-electron chi connectivity index (χ3n) is 5.61. The van der Waals surface area contributed by atoms with Crippen molar-refractivity contribution in [1.82, 2.24) is 4.31 Å². The summed E-state index contributed by atoms with van der Waals surface area (Å²) in [5.74, 6) is 0.241. The van der Waals surface area contributed by atoms with Crippen molar-refractivity contribution in [3.63, 3.8) is 0 Å². The van der Waals surface area contributed by atoms with Gasteiger partial charge in [0.25, 0.3) is 0 Å². The lowest BCUT2D eigenvalue weighted by Crippen LogP contribution is -2.43. The highest BCUT2D eigenvalue weighted by atomic mass is 32.2. The van der Waals surface area contributed by atoms with Gasteiger partial charge in [0.1, 0.15) is 0 Å². The molecule has 0 spiro atoms. The zero-order valence-corrected chi connectivity index (χ0v) is 18.6. The maximum atomic E-state index is 13.2. The van der Waals surface area contributed by atoms with Gasteiger partial charge in [0.15, 0.2) is 11.5 Å². The van der Waals surface area contributed by atoms with Crippen LogP contribution in [0.3, 0.4) is 0 Å². The van der Waals surface area contributed by atoms with Crippen molar-refractivity contribution in [2.75, 3.05) is 32.6 Å². The van der Waals surface area contributed by atoms with Crippen LogP contribution in [0, 0.1) is 19.8 Å². The maximum Gasteiger partial charge on any atom is 0.243 e. The highest BCUT2D eigenvalue weighted by molar-refractivity contribution is 7.89. The summed E-state index contributed by atoms with van der Waals surface area (Å²) in [7, 11) is -0.799. The van der Waals surface area contributed by atoms with Gasteiger partial charge in [0, 0.05) is 24.8 Å². The zero-order chi connectivity index (χ0) is 21.9. The fourth-order valence-electron chi connectivity index (χ4n) is 3.62. The van der Waals surface area contributed by atoms with E-state index in [1.807, 2.05) is 32.0 Å². The lowest BCUT2D eigenvalue weighted by molar-refractivity contribution is -0.120. The van der Waals surface area contributed by atoms with Gasteiger partial charge < -0.3 is 14.8 Å². The average molecular weight is 433 g/mol. The van der Waals surface area contributed by atoms with Crippen molar-refractivity contribution in [2.45, 2.75) is 31.6 Å². The number of nitrogens with one attached hydrogen (secondary N) is 1. The van der Waals surface area contributed by atoms with E-state index in [4.69, 9.17) is 9.47 Å². The summed E-state index contributed by atoms with van der Waals surface area (Å²) in [4.78, 5) is 13.0. The second-order valence-corrected chi connectivity index (χ2v) is 9.39. The lowest BCUT2D eigenvalue weighted by Gasteiger charge is -2.31. The molecule has 2 aromatic carbocycles. The van der Waals surface area contributed by atoms with E-state index in [0.717, 1.165) is 16.8 Å². The number of carbonyl (C=O) groups is 1. The number of aryl methyl sites for hydroxylation is 1. The third kappa shape index (κ3) is 4.44. The number of rotatable bonds is 6. The summed E-state index contributed by atoms with van der Waals surface area (Å²) >= 11 is 0. The van der Waals surface area contributed by atoms with Crippen molar-refractivity contribution >= 4 is 21.6 Å². The highest BCUT2D eigenvalue weighted by Crippen LogP contribution is 2.32. The summed E-state index contributed by atoms with van der Waals surface area (Å²) < 4.78 is 38.2. The van der Waals surface area contributed by atoms with Crippen molar-refractivity contribution in [2.24, 2.45) is 5.92 Å². The standard InChI is InChI=1S/C22H28N2O5S/c1-15-7-5-9-19(16(15)2)23-22(25)17-8-6-12-24(14-17)30(26,27)18-10-11-20(28-3)21(13-18)29-4/h5,7,9-11,13,17H,6,8,12,14H2,1-4H3,(H,23,25)/t17-/m1/s1. The van der Waals surface area contributed by atoms with E-state index < -0.39 is 15.9 Å². The third-order valence-corrected chi connectivity index (χ3v) is 7.47. The number of anilines is 1. The van der Waals surface area contributed by atoms with Gasteiger partial charge in [-0.2, -0.15) is 4.31 Å². The quantitative estimate of drug-likeness (QED) is 0.757. The fraction of sp³-hybridized carbons (Fsp3) is 0.409. The molecule has 7 nitrogen and oxygen atoms in total. The van der Waals surface area contributed by atoms with Crippen LogP contribution in [-0.4, -0.2) is 45.9 Å². The Bertz CT molecular complexity index is 1040. The number of benzene rings is 2. The number of hydrogen-bond donors (Lipinski definition) is 1. The average Bonchev–Trinajstić information content (AvgIpc) is 2.76. The number of nitrogens with zero attached hydrogens (tertiary/aromatic N) is 1. The molecule has 0 aliphatic carbocycles. The Hall–Kier alpha value is -2.58. The van der Waals surface area contributed by atoms with Gasteiger partial charge in [0.05, 0.1) is 25.0 Å². The van der Waals surface area contributed by atoms with Crippen molar-refractivity contribution < 1.29 is 22.7 Å². The van der Waals surface area contributed by atoms with Crippen LogP contribution in [-0.2, 0) is 14.8 Å². The molecule has 1 saturated heterocycles. The molecule has 1 atom stereocenters. The molecule has 1 fully saturated rings. The van der Waals surface area contributed by atoms with E-state index in [1.165, 1.54) is 30.7 Å². The van der Waals surface area contributed by atoms with Gasteiger partial charge in [0.2, 0.25) is 15.9 Å². The number of amides is 1. The van der Waals surface area contributed by atoms with Crippen LogP contribution in [0.1, 0.15) is 24.0 Å². The Morgan fingerprint density at radius 2 is 1.83 bits per heavy atom. The van der Waals surface area contributed by atoms with Gasteiger partial charge >= 0.3 is 0 Å². The van der Waals surface area contributed by atoms with Crippen LogP contribution in [0.15, 0.2) is 41.3 Å². The maximum absolute atomic E-state index is 13.2. The predicted molar refractivity (Wildman–Crippen MR) is 116 cm³/mol. The molecule has 30 heavy (non-hydrogen) atoms. The largest absolute Gasteiger partial charge is 0.493 e. The number of methoxy groups -OCH3 is 2. The normalized spacial score (nSPS) is 17.4. The second kappa shape index (κ2) is 9.06. The van der Waals surface area contributed by atoms with Gasteiger partial charge in [-0.05, 0) is 56.0 Å². The molecule has 3 rings (SSSR count). The topological polar surface area (TPSA) is 84.9 Å². The van der Waals surface area contributed by atoms with Crippen LogP contribution >= 0.6 is 0 Å². The molecule has 1 heterocycles. The van der Waals surface area contributed by atoms with E-state index in [2.05, 4.69) is 5.32 Å². The van der Waals surface area contributed by atoms with Crippen LogP contribution in [0.5, 0.6) is 11.5 Å². The summed E-state index contributed by atoms with van der Waals surface area (Å²) in [6, 6.07) is 10.3. The van der Waals surface area contributed by atoms with Crippen LogP contribution in [0.2, 0.25) is 0 Å². The minimum absolute atomic E-state index is 0.121. The fourth-order valence-corrected chi connectivity index (χ4v) is 5.16. The van der Waals surface area contributed by atoms with Crippen molar-refractivity contribution in [3.8, 4) is 11.5 Å². The monoisotopic (exact) mass is 432 g/mol. The summed E-state index contributed by atoms with van der Waals surface area (Å²) in [6.07, 6.45) is 1.27. The number of carbonyl (C=O) groups excluding carboxylic acids is 1. The molecule has 0 aromatic heterocycles. The molecule has 2 aromatic rings. The van der Waals surface area contributed by atoms with Gasteiger partial charge in [-0.15, -0.1) is 0 Å². The first-order valence-corrected chi connectivity index (χ1v) is 11.3. The molecule has 8 heteroatoms. The van der Waals surface area contributed by atoms with Crippen molar-refractivity contribution in [3.05, 3.63) is 47.5 Å². The van der Waals surface area contributed by atoms with E-state index in [1.54, 1.807) is 6.07 Å². The first kappa shape index (κ1) is 22.1. The molecular weight excluding hydrogens is 404 g/mol. The predicted octanol–water partition coefficient (Wildman–Crippen LogP) is 3.36. The van der Waals surface area contributed by atoms with E-state index in [-0.39, 0.29) is 17.3 Å². The van der Waals surface area contributed by atoms with E-state index in [9.17, 15) is 13.2 Å². The Balaban J connectivity index is 1.78. The smallest absolute Gasteiger partial charge is 0.243 e. The number of ether oxygens (including phenoxy) is 2. The second-order valence-electron chi connectivity index (χ2n) is 7.46. The molecule has 1 amide bonds. The summed E-state index contributed by atoms with van der Waals surface area (Å²) in [5.41, 5.74) is 2.87. The zero-order valence-electron chi connectivity index (χ0n) is 17.8. The Kier molecular flexibility index (Phi) is 6.67. The minimum atomic E-state index is -3.76. The van der Waals surface area contributed by atoms with Crippen LogP contribution in [0.4, 0.5) is 5.69 Å². The molecule has 0 radical (unpaired) electrons. The molecule has 162 valence electrons. The first-order valence-electron chi connectivity index (χ1n) is 9.87. The molecular formula is C22H28N2O5S.